The monoisotopic (exact) mass is 274 g/mol. The normalized spacial score (nSPS) is 14.4. The molecule has 0 spiro atoms. The third-order valence-electron chi connectivity index (χ3n) is 3.35. The molecule has 116 valence electrons. The van der Waals surface area contributed by atoms with E-state index < -0.39 is 0 Å². The van der Waals surface area contributed by atoms with E-state index in [9.17, 15) is 5.11 Å². The van der Waals surface area contributed by atoms with Gasteiger partial charge in [0.15, 0.2) is 0 Å². The zero-order valence-electron chi connectivity index (χ0n) is 13.7. The summed E-state index contributed by atoms with van der Waals surface area (Å²) in [4.78, 5) is 2.35. The van der Waals surface area contributed by atoms with Crippen LogP contribution in [0, 0.1) is 0 Å². The first-order chi connectivity index (χ1) is 8.84. The maximum absolute atomic E-state index is 10.2. The van der Waals surface area contributed by atoms with Crippen molar-refractivity contribution in [2.75, 3.05) is 33.4 Å². The van der Waals surface area contributed by atoms with Crippen molar-refractivity contribution in [3.8, 4) is 0 Å². The molecular weight excluding hydrogens is 240 g/mol. The van der Waals surface area contributed by atoms with E-state index in [0.29, 0.717) is 19.1 Å². The second kappa shape index (κ2) is 9.70. The van der Waals surface area contributed by atoms with Crippen LogP contribution in [-0.4, -0.2) is 61.0 Å². The van der Waals surface area contributed by atoms with Gasteiger partial charge < -0.3 is 15.2 Å². The first-order valence-electron chi connectivity index (χ1n) is 7.50. The Balaban J connectivity index is 4.28. The van der Waals surface area contributed by atoms with Crippen LogP contribution >= 0.6 is 0 Å². The molecule has 0 aliphatic rings. The molecule has 0 aliphatic heterocycles. The van der Waals surface area contributed by atoms with Gasteiger partial charge in [-0.3, -0.25) is 4.90 Å². The molecule has 0 fully saturated rings. The average Bonchev–Trinajstić information content (AvgIpc) is 2.33. The number of aliphatic hydroxyl groups excluding tert-OH is 1. The van der Waals surface area contributed by atoms with Gasteiger partial charge >= 0.3 is 0 Å². The minimum absolute atomic E-state index is 0.0489. The highest BCUT2D eigenvalue weighted by atomic mass is 16.5. The van der Waals surface area contributed by atoms with Crippen molar-refractivity contribution in [1.29, 1.82) is 0 Å². The third-order valence-corrected chi connectivity index (χ3v) is 3.35. The highest BCUT2D eigenvalue weighted by Gasteiger charge is 2.19. The summed E-state index contributed by atoms with van der Waals surface area (Å²) in [6, 6.07) is 0.527. The Labute approximate surface area is 119 Å². The Morgan fingerprint density at radius 1 is 1.21 bits per heavy atom. The predicted octanol–water partition coefficient (Wildman–Crippen LogP) is 1.87. The Kier molecular flexibility index (Phi) is 9.62. The molecule has 0 heterocycles. The summed E-state index contributed by atoms with van der Waals surface area (Å²) < 4.78 is 5.17. The molecule has 0 aromatic rings. The van der Waals surface area contributed by atoms with Crippen LogP contribution in [0.5, 0.6) is 0 Å². The Bertz CT molecular complexity index is 213. The molecule has 0 rings (SSSR count). The molecule has 1 atom stereocenters. The molecule has 0 aliphatic carbocycles. The van der Waals surface area contributed by atoms with Gasteiger partial charge in [-0.15, -0.1) is 0 Å². The minimum Gasteiger partial charge on any atom is -0.390 e. The molecule has 0 bridgehead atoms. The Hall–Kier alpha value is -0.160. The third kappa shape index (κ3) is 9.38. The average molecular weight is 274 g/mol. The summed E-state index contributed by atoms with van der Waals surface area (Å²) in [5, 5.41) is 13.5. The number of ether oxygens (including phenoxy) is 1. The number of rotatable bonds is 10. The fourth-order valence-corrected chi connectivity index (χ4v) is 2.20. The zero-order chi connectivity index (χ0) is 14.9. The molecule has 0 saturated carbocycles. The zero-order valence-corrected chi connectivity index (χ0v) is 13.7. The minimum atomic E-state index is -0.336. The summed E-state index contributed by atoms with van der Waals surface area (Å²) >= 11 is 0. The maximum Gasteiger partial charge on any atom is 0.0791 e. The molecule has 0 radical (unpaired) electrons. The largest absolute Gasteiger partial charge is 0.390 e. The first-order valence-corrected chi connectivity index (χ1v) is 7.50. The van der Waals surface area contributed by atoms with Crippen molar-refractivity contribution in [2.24, 2.45) is 0 Å². The second-order valence-corrected chi connectivity index (χ2v) is 6.24. The van der Waals surface area contributed by atoms with Gasteiger partial charge in [-0.05, 0) is 33.6 Å². The van der Waals surface area contributed by atoms with Crippen molar-refractivity contribution in [3.63, 3.8) is 0 Å². The fourth-order valence-electron chi connectivity index (χ4n) is 2.20. The quantitative estimate of drug-likeness (QED) is 0.638. The van der Waals surface area contributed by atoms with Crippen molar-refractivity contribution in [1.82, 2.24) is 10.2 Å². The molecule has 4 nitrogen and oxygen atoms in total. The number of aliphatic hydroxyl groups is 1. The van der Waals surface area contributed by atoms with Gasteiger partial charge in [0, 0.05) is 38.3 Å². The van der Waals surface area contributed by atoms with Crippen LogP contribution in [0.25, 0.3) is 0 Å². The van der Waals surface area contributed by atoms with Gasteiger partial charge in [0.1, 0.15) is 0 Å². The lowest BCUT2D eigenvalue weighted by atomic mass is 10.1. The summed E-state index contributed by atoms with van der Waals surface area (Å²) in [7, 11) is 1.72. The van der Waals surface area contributed by atoms with E-state index in [1.165, 1.54) is 0 Å². The topological polar surface area (TPSA) is 44.7 Å². The molecule has 4 heteroatoms. The van der Waals surface area contributed by atoms with Crippen LogP contribution < -0.4 is 5.32 Å². The summed E-state index contributed by atoms with van der Waals surface area (Å²) in [5.41, 5.74) is 0.0489. The smallest absolute Gasteiger partial charge is 0.0791 e. The first kappa shape index (κ1) is 18.8. The molecule has 0 saturated heterocycles. The van der Waals surface area contributed by atoms with E-state index in [4.69, 9.17) is 4.74 Å². The van der Waals surface area contributed by atoms with E-state index >= 15 is 0 Å². The van der Waals surface area contributed by atoms with Crippen LogP contribution in [0.15, 0.2) is 0 Å². The van der Waals surface area contributed by atoms with E-state index in [1.54, 1.807) is 7.11 Å². The van der Waals surface area contributed by atoms with Gasteiger partial charge in [-0.25, -0.2) is 0 Å². The van der Waals surface area contributed by atoms with Gasteiger partial charge in [0.05, 0.1) is 12.7 Å². The lowest BCUT2D eigenvalue weighted by molar-refractivity contribution is 0.0583. The molecule has 19 heavy (non-hydrogen) atoms. The standard InChI is InChI=1S/C15H34N2O2/c1-7-13(8-2)17(9-10-19-6)12-14(18)11-16-15(3,4)5/h13-14,16,18H,7-12H2,1-6H3. The maximum atomic E-state index is 10.2. The molecule has 2 N–H and O–H groups in total. The molecule has 1 unspecified atom stereocenters. The van der Waals surface area contributed by atoms with Crippen LogP contribution in [0.4, 0.5) is 0 Å². The number of hydrogen-bond acceptors (Lipinski definition) is 4. The predicted molar refractivity (Wildman–Crippen MR) is 81.6 cm³/mol. The van der Waals surface area contributed by atoms with E-state index in [2.05, 4.69) is 44.8 Å². The molecule has 0 aromatic heterocycles. The van der Waals surface area contributed by atoms with Gasteiger partial charge in [0.25, 0.3) is 0 Å². The van der Waals surface area contributed by atoms with Crippen LogP contribution in [0.1, 0.15) is 47.5 Å². The van der Waals surface area contributed by atoms with Crippen LogP contribution in [0.2, 0.25) is 0 Å². The molecule has 0 aromatic carbocycles. The Morgan fingerprint density at radius 3 is 2.21 bits per heavy atom. The van der Waals surface area contributed by atoms with E-state index in [0.717, 1.165) is 26.0 Å². The lowest BCUT2D eigenvalue weighted by Gasteiger charge is -2.33. The number of hydrogen-bond donors (Lipinski definition) is 2. The lowest BCUT2D eigenvalue weighted by Crippen LogP contribution is -2.47. The molecular formula is C15H34N2O2. The summed E-state index contributed by atoms with van der Waals surface area (Å²) in [5.74, 6) is 0. The fraction of sp³-hybridized carbons (Fsp3) is 1.00. The molecule has 0 amide bonds. The number of nitrogens with zero attached hydrogens (tertiary/aromatic N) is 1. The van der Waals surface area contributed by atoms with Crippen LogP contribution in [-0.2, 0) is 4.74 Å². The SMILES string of the molecule is CCC(CC)N(CCOC)CC(O)CNC(C)(C)C. The Morgan fingerprint density at radius 2 is 1.79 bits per heavy atom. The second-order valence-electron chi connectivity index (χ2n) is 6.24. The number of methoxy groups -OCH3 is 1. The highest BCUT2D eigenvalue weighted by Crippen LogP contribution is 2.09. The van der Waals surface area contributed by atoms with E-state index in [1.807, 2.05) is 0 Å². The summed E-state index contributed by atoms with van der Waals surface area (Å²) in [6.45, 7) is 13.7. The van der Waals surface area contributed by atoms with Gasteiger partial charge in [-0.2, -0.15) is 0 Å². The van der Waals surface area contributed by atoms with Crippen LogP contribution in [0.3, 0.4) is 0 Å². The van der Waals surface area contributed by atoms with E-state index in [-0.39, 0.29) is 11.6 Å². The van der Waals surface area contributed by atoms with Crippen molar-refractivity contribution in [3.05, 3.63) is 0 Å². The number of nitrogens with one attached hydrogen (secondary N) is 1. The van der Waals surface area contributed by atoms with Crippen molar-refractivity contribution in [2.45, 2.75) is 65.1 Å². The number of β-amino-alcohol motifs (C(OH)–C–C–N with tert-alkyl or cyclic N) is 1. The highest BCUT2D eigenvalue weighted by molar-refractivity contribution is 4.77. The van der Waals surface area contributed by atoms with Crippen molar-refractivity contribution < 1.29 is 9.84 Å². The van der Waals surface area contributed by atoms with Crippen molar-refractivity contribution >= 4 is 0 Å². The van der Waals surface area contributed by atoms with Gasteiger partial charge in [-0.1, -0.05) is 13.8 Å². The van der Waals surface area contributed by atoms with Gasteiger partial charge in [0.2, 0.25) is 0 Å². The summed E-state index contributed by atoms with van der Waals surface area (Å²) in [6.07, 6.45) is 1.89.